The number of aromatic nitrogens is 2. The summed E-state index contributed by atoms with van der Waals surface area (Å²) in [5, 5.41) is 0.912. The van der Waals surface area contributed by atoms with E-state index in [4.69, 9.17) is 10.7 Å². The van der Waals surface area contributed by atoms with E-state index in [9.17, 15) is 9.59 Å². The van der Waals surface area contributed by atoms with Crippen molar-refractivity contribution in [3.8, 4) is 0 Å². The second kappa shape index (κ2) is 6.62. The third-order valence-corrected chi connectivity index (χ3v) is 6.53. The van der Waals surface area contributed by atoms with E-state index in [1.165, 1.54) is 11.3 Å². The number of primary amides is 1. The number of fused-ring (bicyclic) bond motifs is 2. The van der Waals surface area contributed by atoms with Gasteiger partial charge in [-0.05, 0) is 31.0 Å². The number of nitrogens with two attached hydrogens (primary N) is 1. The van der Waals surface area contributed by atoms with Crippen molar-refractivity contribution in [1.82, 2.24) is 9.97 Å². The van der Waals surface area contributed by atoms with Gasteiger partial charge in [0.05, 0.1) is 10.6 Å². The van der Waals surface area contributed by atoms with E-state index < -0.39 is 11.9 Å². The molecule has 1 aromatic carbocycles. The van der Waals surface area contributed by atoms with Gasteiger partial charge in [-0.2, -0.15) is 0 Å². The molecule has 0 fully saturated rings. The quantitative estimate of drug-likeness (QED) is 0.701. The first-order valence-electron chi connectivity index (χ1n) is 9.58. The third kappa shape index (κ3) is 3.09. The molecule has 0 aliphatic carbocycles. The molecule has 0 spiro atoms. The van der Waals surface area contributed by atoms with Crippen LogP contribution in [-0.4, -0.2) is 27.8 Å². The minimum atomic E-state index is -0.679. The number of hydrogen-bond acceptors (Lipinski definition) is 5. The van der Waals surface area contributed by atoms with Crippen LogP contribution in [-0.2, 0) is 16.6 Å². The van der Waals surface area contributed by atoms with Crippen molar-refractivity contribution >= 4 is 39.1 Å². The van der Waals surface area contributed by atoms with Gasteiger partial charge in [0.15, 0.2) is 0 Å². The first-order chi connectivity index (χ1) is 13.6. The molecule has 0 radical (unpaired) electrons. The fourth-order valence-electron chi connectivity index (χ4n) is 3.85. The summed E-state index contributed by atoms with van der Waals surface area (Å²) < 4.78 is 0. The van der Waals surface area contributed by atoms with Crippen LogP contribution in [0.4, 0.5) is 5.69 Å². The molecule has 6 nitrogen and oxygen atoms in total. The number of para-hydroxylation sites is 1. The second-order valence-corrected chi connectivity index (χ2v) is 9.54. The van der Waals surface area contributed by atoms with Crippen LogP contribution in [0.25, 0.3) is 10.2 Å². The smallest absolute Gasteiger partial charge is 0.269 e. The molecular weight excluding hydrogens is 384 g/mol. The van der Waals surface area contributed by atoms with Gasteiger partial charge in [0, 0.05) is 22.9 Å². The Morgan fingerprint density at radius 2 is 1.86 bits per heavy atom. The summed E-state index contributed by atoms with van der Waals surface area (Å²) in [6, 6.07) is 6.89. The largest absolute Gasteiger partial charge is 0.368 e. The van der Waals surface area contributed by atoms with E-state index in [-0.39, 0.29) is 11.3 Å². The summed E-state index contributed by atoms with van der Waals surface area (Å²) in [5.41, 5.74) is 8.86. The summed E-state index contributed by atoms with van der Waals surface area (Å²) in [4.78, 5) is 38.0. The maximum atomic E-state index is 13.6. The molecule has 3 heterocycles. The number of hydrogen-bond donors (Lipinski definition) is 1. The molecule has 3 aromatic rings. The van der Waals surface area contributed by atoms with Crippen molar-refractivity contribution in [2.24, 2.45) is 5.73 Å². The Kier molecular flexibility index (Phi) is 4.46. The van der Waals surface area contributed by atoms with Gasteiger partial charge >= 0.3 is 0 Å². The monoisotopic (exact) mass is 408 g/mol. The summed E-state index contributed by atoms with van der Waals surface area (Å²) in [6.07, 6.45) is 0.439. The molecule has 1 aliphatic heterocycles. The average Bonchev–Trinajstić information content (AvgIpc) is 3.19. The normalized spacial score (nSPS) is 16.3. The lowest BCUT2D eigenvalue weighted by atomic mass is 9.95. The van der Waals surface area contributed by atoms with Crippen LogP contribution in [0.1, 0.15) is 53.1 Å². The van der Waals surface area contributed by atoms with Crippen LogP contribution in [0.3, 0.4) is 0 Å². The number of carbonyl (C=O) groups excluding carboxylic acids is 2. The minimum absolute atomic E-state index is 0.189. The SMILES string of the molecule is Cc1nc(C(C)(C)C)nc2sc(C(=O)N3c4ccccc4C[C@H]3C(N)=O)c(C)c12. The maximum Gasteiger partial charge on any atom is 0.269 e. The van der Waals surface area contributed by atoms with Crippen molar-refractivity contribution in [1.29, 1.82) is 0 Å². The van der Waals surface area contributed by atoms with Crippen LogP contribution < -0.4 is 10.6 Å². The van der Waals surface area contributed by atoms with Gasteiger partial charge in [-0.1, -0.05) is 39.0 Å². The highest BCUT2D eigenvalue weighted by molar-refractivity contribution is 7.20. The van der Waals surface area contributed by atoms with Gasteiger partial charge in [0.25, 0.3) is 5.91 Å². The van der Waals surface area contributed by atoms with E-state index in [2.05, 4.69) is 25.8 Å². The highest BCUT2D eigenvalue weighted by atomic mass is 32.1. The van der Waals surface area contributed by atoms with E-state index in [0.29, 0.717) is 11.3 Å². The Hall–Kier alpha value is -2.80. The first-order valence-corrected chi connectivity index (χ1v) is 10.4. The zero-order valence-electron chi connectivity index (χ0n) is 17.2. The molecule has 7 heteroatoms. The maximum absolute atomic E-state index is 13.6. The Labute approximate surface area is 173 Å². The Morgan fingerprint density at radius 1 is 1.17 bits per heavy atom. The van der Waals surface area contributed by atoms with Crippen molar-refractivity contribution in [3.63, 3.8) is 0 Å². The van der Waals surface area contributed by atoms with Gasteiger partial charge < -0.3 is 5.73 Å². The van der Waals surface area contributed by atoms with Crippen molar-refractivity contribution in [3.05, 3.63) is 51.8 Å². The van der Waals surface area contributed by atoms with Gasteiger partial charge in [0.2, 0.25) is 5.91 Å². The predicted molar refractivity (Wildman–Crippen MR) is 116 cm³/mol. The van der Waals surface area contributed by atoms with Gasteiger partial charge in [0.1, 0.15) is 16.7 Å². The Bertz CT molecular complexity index is 1160. The van der Waals surface area contributed by atoms with E-state index in [0.717, 1.165) is 38.5 Å². The lowest BCUT2D eigenvalue weighted by Crippen LogP contribution is -2.46. The average molecular weight is 409 g/mol. The molecule has 0 saturated carbocycles. The summed E-state index contributed by atoms with van der Waals surface area (Å²) in [5.74, 6) is 0.0412. The van der Waals surface area contributed by atoms with Crippen molar-refractivity contribution in [2.45, 2.75) is 52.5 Å². The van der Waals surface area contributed by atoms with Gasteiger partial charge in [-0.3, -0.25) is 14.5 Å². The molecule has 0 bridgehead atoms. The summed E-state index contributed by atoms with van der Waals surface area (Å²) in [7, 11) is 0. The van der Waals surface area contributed by atoms with Crippen molar-refractivity contribution < 1.29 is 9.59 Å². The number of aryl methyl sites for hydroxylation is 2. The predicted octanol–water partition coefficient (Wildman–Crippen LogP) is 3.66. The molecule has 2 N–H and O–H groups in total. The second-order valence-electron chi connectivity index (χ2n) is 8.55. The number of benzene rings is 1. The molecule has 1 atom stereocenters. The lowest BCUT2D eigenvalue weighted by molar-refractivity contribution is -0.119. The molecule has 29 heavy (non-hydrogen) atoms. The van der Waals surface area contributed by atoms with Crippen LogP contribution in [0, 0.1) is 13.8 Å². The number of thiophene rings is 1. The molecule has 0 saturated heterocycles. The summed E-state index contributed by atoms with van der Waals surface area (Å²) in [6.45, 7) is 10.1. The zero-order valence-corrected chi connectivity index (χ0v) is 18.1. The molecule has 4 rings (SSSR count). The highest BCUT2D eigenvalue weighted by Gasteiger charge is 2.39. The molecule has 1 aliphatic rings. The summed E-state index contributed by atoms with van der Waals surface area (Å²) >= 11 is 1.36. The van der Waals surface area contributed by atoms with Crippen LogP contribution >= 0.6 is 11.3 Å². The lowest BCUT2D eigenvalue weighted by Gasteiger charge is -2.23. The van der Waals surface area contributed by atoms with E-state index in [1.54, 1.807) is 4.90 Å². The molecule has 2 amide bonds. The standard InChI is InChI=1S/C22H24N4O2S/c1-11-16-12(2)24-21(22(3,4)5)25-19(16)29-17(11)20(28)26-14-9-7-6-8-13(14)10-15(26)18(23)27/h6-9,15H,10H2,1-5H3,(H2,23,27)/t15-/m0/s1. The Morgan fingerprint density at radius 3 is 2.52 bits per heavy atom. The number of anilines is 1. The minimum Gasteiger partial charge on any atom is -0.368 e. The topological polar surface area (TPSA) is 89.2 Å². The fourth-order valence-corrected chi connectivity index (χ4v) is 5.02. The first kappa shape index (κ1) is 19.5. The van der Waals surface area contributed by atoms with E-state index >= 15 is 0 Å². The highest BCUT2D eigenvalue weighted by Crippen LogP contribution is 2.38. The molecule has 2 aromatic heterocycles. The van der Waals surface area contributed by atoms with Crippen molar-refractivity contribution in [2.75, 3.05) is 4.90 Å². The number of amides is 2. The van der Waals surface area contributed by atoms with E-state index in [1.807, 2.05) is 38.1 Å². The van der Waals surface area contributed by atoms with Gasteiger partial charge in [-0.15, -0.1) is 11.3 Å². The number of rotatable bonds is 2. The fraction of sp³-hybridized carbons (Fsp3) is 0.364. The van der Waals surface area contributed by atoms with Gasteiger partial charge in [-0.25, -0.2) is 9.97 Å². The van der Waals surface area contributed by atoms with Crippen LogP contribution in [0.2, 0.25) is 0 Å². The number of carbonyl (C=O) groups is 2. The third-order valence-electron chi connectivity index (χ3n) is 5.36. The Balaban J connectivity index is 1.86. The molecule has 150 valence electrons. The molecular formula is C22H24N4O2S. The zero-order chi connectivity index (χ0) is 21.1. The molecule has 0 unspecified atom stereocenters. The number of nitrogens with zero attached hydrogens (tertiary/aromatic N) is 3. The van der Waals surface area contributed by atoms with Crippen LogP contribution in [0.5, 0.6) is 0 Å². The van der Waals surface area contributed by atoms with Crippen LogP contribution in [0.15, 0.2) is 24.3 Å².